The highest BCUT2D eigenvalue weighted by Crippen LogP contribution is 2.23. The van der Waals surface area contributed by atoms with Crippen molar-refractivity contribution in [2.24, 2.45) is 0 Å². The van der Waals surface area contributed by atoms with Crippen LogP contribution in [0.15, 0.2) is 18.2 Å². The average molecular weight is 299 g/mol. The molecule has 1 atom stereocenters. The predicted octanol–water partition coefficient (Wildman–Crippen LogP) is 2.64. The van der Waals surface area contributed by atoms with Crippen LogP contribution in [0.4, 0.5) is 5.69 Å². The standard InChI is InChI=1S/C15H22N2O2.ClH/c1-10-5-6-12(16)7-13(10)14(18)17-8-11(2)19-15(3,4)9-17;/h5-7,11H,8-9,16H2,1-4H3;1H. The van der Waals surface area contributed by atoms with Gasteiger partial charge in [0, 0.05) is 24.3 Å². The first-order chi connectivity index (χ1) is 8.78. The van der Waals surface area contributed by atoms with Gasteiger partial charge in [-0.15, -0.1) is 12.4 Å². The molecule has 1 aromatic rings. The molecule has 0 bridgehead atoms. The number of ether oxygens (including phenoxy) is 1. The van der Waals surface area contributed by atoms with Crippen molar-refractivity contribution in [1.82, 2.24) is 4.90 Å². The predicted molar refractivity (Wildman–Crippen MR) is 83.4 cm³/mol. The van der Waals surface area contributed by atoms with E-state index in [1.54, 1.807) is 6.07 Å². The molecule has 0 aromatic heterocycles. The molecule has 1 aromatic carbocycles. The highest BCUT2D eigenvalue weighted by molar-refractivity contribution is 5.96. The van der Waals surface area contributed by atoms with Gasteiger partial charge in [0.15, 0.2) is 0 Å². The monoisotopic (exact) mass is 298 g/mol. The fourth-order valence-corrected chi connectivity index (χ4v) is 2.65. The van der Waals surface area contributed by atoms with E-state index in [4.69, 9.17) is 10.5 Å². The Morgan fingerprint density at radius 1 is 1.45 bits per heavy atom. The second-order valence-corrected chi connectivity index (χ2v) is 5.95. The number of rotatable bonds is 1. The molecule has 2 N–H and O–H groups in total. The minimum Gasteiger partial charge on any atom is -0.399 e. The minimum absolute atomic E-state index is 0. The molecule has 2 rings (SSSR count). The summed E-state index contributed by atoms with van der Waals surface area (Å²) in [7, 11) is 0. The van der Waals surface area contributed by atoms with E-state index in [1.165, 1.54) is 0 Å². The van der Waals surface area contributed by atoms with Gasteiger partial charge in [-0.25, -0.2) is 0 Å². The van der Waals surface area contributed by atoms with Crippen molar-refractivity contribution in [2.45, 2.75) is 39.4 Å². The van der Waals surface area contributed by atoms with Gasteiger partial charge in [0.25, 0.3) is 5.91 Å². The van der Waals surface area contributed by atoms with Gasteiger partial charge in [-0.3, -0.25) is 4.79 Å². The quantitative estimate of drug-likeness (QED) is 0.811. The van der Waals surface area contributed by atoms with Crippen LogP contribution in [0.3, 0.4) is 0 Å². The lowest BCUT2D eigenvalue weighted by molar-refractivity contribution is -0.118. The highest BCUT2D eigenvalue weighted by Gasteiger charge is 2.34. The van der Waals surface area contributed by atoms with Gasteiger partial charge < -0.3 is 15.4 Å². The molecule has 1 saturated heterocycles. The molecule has 1 fully saturated rings. The number of morpholine rings is 1. The number of hydrogen-bond acceptors (Lipinski definition) is 3. The maximum Gasteiger partial charge on any atom is 0.254 e. The zero-order valence-corrected chi connectivity index (χ0v) is 13.3. The van der Waals surface area contributed by atoms with Crippen LogP contribution < -0.4 is 5.73 Å². The third-order valence-corrected chi connectivity index (χ3v) is 3.35. The first-order valence-electron chi connectivity index (χ1n) is 6.62. The van der Waals surface area contributed by atoms with Crippen LogP contribution in [-0.2, 0) is 4.74 Å². The molecular weight excluding hydrogens is 276 g/mol. The molecule has 112 valence electrons. The summed E-state index contributed by atoms with van der Waals surface area (Å²) in [5.74, 6) is 0.0352. The second kappa shape index (κ2) is 6.02. The summed E-state index contributed by atoms with van der Waals surface area (Å²) >= 11 is 0. The maximum atomic E-state index is 12.6. The van der Waals surface area contributed by atoms with Gasteiger partial charge in [-0.05, 0) is 45.4 Å². The third-order valence-electron chi connectivity index (χ3n) is 3.35. The third kappa shape index (κ3) is 3.64. The summed E-state index contributed by atoms with van der Waals surface area (Å²) in [5.41, 5.74) is 7.74. The number of aryl methyl sites for hydroxylation is 1. The van der Waals surface area contributed by atoms with Crippen LogP contribution in [0.1, 0.15) is 36.7 Å². The first-order valence-corrected chi connectivity index (χ1v) is 6.62. The summed E-state index contributed by atoms with van der Waals surface area (Å²) in [4.78, 5) is 14.5. The number of benzene rings is 1. The Bertz CT molecular complexity index is 503. The van der Waals surface area contributed by atoms with Gasteiger partial charge in [0.2, 0.25) is 0 Å². The number of amides is 1. The molecule has 1 aliphatic rings. The minimum atomic E-state index is -0.304. The zero-order chi connectivity index (χ0) is 14.2. The molecule has 5 heteroatoms. The number of anilines is 1. The maximum absolute atomic E-state index is 12.6. The van der Waals surface area contributed by atoms with Crippen molar-refractivity contribution in [1.29, 1.82) is 0 Å². The number of nitrogens with zero attached hydrogens (tertiary/aromatic N) is 1. The molecule has 1 heterocycles. The average Bonchev–Trinajstić information content (AvgIpc) is 2.29. The van der Waals surface area contributed by atoms with Gasteiger partial charge in [-0.1, -0.05) is 6.07 Å². The SMILES string of the molecule is Cc1ccc(N)cc1C(=O)N1CC(C)OC(C)(C)C1.Cl. The van der Waals surface area contributed by atoms with E-state index in [0.717, 1.165) is 5.56 Å². The summed E-state index contributed by atoms with van der Waals surface area (Å²) < 4.78 is 5.83. The van der Waals surface area contributed by atoms with E-state index in [-0.39, 0.29) is 30.0 Å². The van der Waals surface area contributed by atoms with Crippen LogP contribution in [0.5, 0.6) is 0 Å². The summed E-state index contributed by atoms with van der Waals surface area (Å²) in [6.07, 6.45) is 0.0501. The van der Waals surface area contributed by atoms with Gasteiger partial charge in [0.05, 0.1) is 11.7 Å². The number of nitrogen functional groups attached to an aromatic ring is 1. The number of halogens is 1. The lowest BCUT2D eigenvalue weighted by Crippen LogP contribution is -2.53. The fourth-order valence-electron chi connectivity index (χ4n) is 2.65. The number of nitrogens with two attached hydrogens (primary N) is 1. The first kappa shape index (κ1) is 16.8. The van der Waals surface area contributed by atoms with E-state index in [2.05, 4.69) is 0 Å². The molecule has 4 nitrogen and oxygen atoms in total. The Kier molecular flexibility index (Phi) is 5.05. The van der Waals surface area contributed by atoms with Crippen molar-refractivity contribution in [3.63, 3.8) is 0 Å². The van der Waals surface area contributed by atoms with E-state index in [9.17, 15) is 4.79 Å². The fraction of sp³-hybridized carbons (Fsp3) is 0.533. The van der Waals surface area contributed by atoms with E-state index < -0.39 is 0 Å². The number of carbonyl (C=O) groups is 1. The highest BCUT2D eigenvalue weighted by atomic mass is 35.5. The number of hydrogen-bond donors (Lipinski definition) is 1. The van der Waals surface area contributed by atoms with Crippen molar-refractivity contribution >= 4 is 24.0 Å². The van der Waals surface area contributed by atoms with E-state index in [0.29, 0.717) is 24.3 Å². The summed E-state index contributed by atoms with van der Waals surface area (Å²) in [6, 6.07) is 5.46. The van der Waals surface area contributed by atoms with Crippen LogP contribution in [-0.4, -0.2) is 35.6 Å². The second-order valence-electron chi connectivity index (χ2n) is 5.95. The topological polar surface area (TPSA) is 55.6 Å². The molecule has 20 heavy (non-hydrogen) atoms. The molecule has 0 aliphatic carbocycles. The Balaban J connectivity index is 0.00000200. The molecule has 0 saturated carbocycles. The van der Waals surface area contributed by atoms with Crippen LogP contribution in [0, 0.1) is 6.92 Å². The Morgan fingerprint density at radius 2 is 2.10 bits per heavy atom. The summed E-state index contributed by atoms with van der Waals surface area (Å²) in [5, 5.41) is 0. The van der Waals surface area contributed by atoms with Crippen LogP contribution in [0.25, 0.3) is 0 Å². The zero-order valence-electron chi connectivity index (χ0n) is 12.5. The van der Waals surface area contributed by atoms with Gasteiger partial charge in [-0.2, -0.15) is 0 Å². The normalized spacial score (nSPS) is 21.2. The van der Waals surface area contributed by atoms with Crippen molar-refractivity contribution in [2.75, 3.05) is 18.8 Å². The molecular formula is C15H23ClN2O2. The lowest BCUT2D eigenvalue weighted by atomic mass is 10.0. The smallest absolute Gasteiger partial charge is 0.254 e. The molecule has 1 aliphatic heterocycles. The molecule has 1 amide bonds. The Labute approximate surface area is 126 Å². The number of carbonyl (C=O) groups excluding carboxylic acids is 1. The summed E-state index contributed by atoms with van der Waals surface area (Å²) in [6.45, 7) is 9.17. The Hall–Kier alpha value is -1.26. The van der Waals surface area contributed by atoms with Crippen LogP contribution >= 0.6 is 12.4 Å². The molecule has 0 radical (unpaired) electrons. The Morgan fingerprint density at radius 3 is 2.70 bits per heavy atom. The molecule has 0 spiro atoms. The molecule has 1 unspecified atom stereocenters. The van der Waals surface area contributed by atoms with Crippen molar-refractivity contribution in [3.8, 4) is 0 Å². The van der Waals surface area contributed by atoms with E-state index in [1.807, 2.05) is 44.7 Å². The lowest BCUT2D eigenvalue weighted by Gasteiger charge is -2.41. The van der Waals surface area contributed by atoms with Crippen molar-refractivity contribution in [3.05, 3.63) is 29.3 Å². The van der Waals surface area contributed by atoms with Gasteiger partial charge in [0.1, 0.15) is 0 Å². The van der Waals surface area contributed by atoms with Gasteiger partial charge >= 0.3 is 0 Å². The van der Waals surface area contributed by atoms with Crippen molar-refractivity contribution < 1.29 is 9.53 Å². The largest absolute Gasteiger partial charge is 0.399 e. The van der Waals surface area contributed by atoms with E-state index >= 15 is 0 Å². The van der Waals surface area contributed by atoms with Crippen LogP contribution in [0.2, 0.25) is 0 Å².